The largest absolute Gasteiger partial charge is 0.497 e. The highest BCUT2D eigenvalue weighted by molar-refractivity contribution is 6.06. The van der Waals surface area contributed by atoms with E-state index in [1.165, 1.54) is 14.2 Å². The Morgan fingerprint density at radius 1 is 1.33 bits per heavy atom. The maximum absolute atomic E-state index is 11.9. The van der Waals surface area contributed by atoms with E-state index in [1.807, 2.05) is 0 Å². The summed E-state index contributed by atoms with van der Waals surface area (Å²) in [5.41, 5.74) is 0.397. The number of ether oxygens (including phenoxy) is 2. The fourth-order valence-electron chi connectivity index (χ4n) is 1.86. The van der Waals surface area contributed by atoms with Crippen LogP contribution in [0.2, 0.25) is 0 Å². The lowest BCUT2D eigenvalue weighted by molar-refractivity contribution is -0.128. The van der Waals surface area contributed by atoms with Crippen molar-refractivity contribution in [1.82, 2.24) is 10.2 Å². The van der Waals surface area contributed by atoms with Crippen LogP contribution in [0.5, 0.6) is 11.5 Å². The van der Waals surface area contributed by atoms with E-state index in [0.29, 0.717) is 17.2 Å². The molecule has 8 heteroatoms. The molecule has 0 saturated carbocycles. The number of amides is 4. The van der Waals surface area contributed by atoms with Crippen molar-refractivity contribution < 1.29 is 23.9 Å². The van der Waals surface area contributed by atoms with Gasteiger partial charge >= 0.3 is 6.03 Å². The third-order valence-electron chi connectivity index (χ3n) is 2.92. The van der Waals surface area contributed by atoms with Crippen LogP contribution in [0.15, 0.2) is 18.2 Å². The van der Waals surface area contributed by atoms with Gasteiger partial charge in [-0.2, -0.15) is 0 Å². The van der Waals surface area contributed by atoms with Gasteiger partial charge in [-0.05, 0) is 12.1 Å². The normalized spacial score (nSPS) is 13.9. The molecule has 1 aromatic rings. The number of hydrogen-bond acceptors (Lipinski definition) is 5. The number of carbonyl (C=O) groups is 3. The molecular weight excluding hydrogens is 278 g/mol. The molecular formula is C13H15N3O5. The minimum atomic E-state index is -0.576. The van der Waals surface area contributed by atoms with Crippen LogP contribution < -0.4 is 20.1 Å². The monoisotopic (exact) mass is 293 g/mol. The lowest BCUT2D eigenvalue weighted by atomic mass is 10.2. The molecule has 1 fully saturated rings. The van der Waals surface area contributed by atoms with E-state index >= 15 is 0 Å². The Kier molecular flexibility index (Phi) is 4.27. The van der Waals surface area contributed by atoms with Gasteiger partial charge in [0.2, 0.25) is 5.91 Å². The quantitative estimate of drug-likeness (QED) is 0.756. The first kappa shape index (κ1) is 14.6. The molecule has 1 saturated heterocycles. The highest BCUT2D eigenvalue weighted by atomic mass is 16.5. The lowest BCUT2D eigenvalue weighted by Gasteiger charge is -2.14. The number of rotatable bonds is 5. The lowest BCUT2D eigenvalue weighted by Crippen LogP contribution is -2.38. The summed E-state index contributed by atoms with van der Waals surface area (Å²) >= 11 is 0. The maximum atomic E-state index is 11.9. The van der Waals surface area contributed by atoms with Crippen LogP contribution in [0.3, 0.4) is 0 Å². The third-order valence-corrected chi connectivity index (χ3v) is 2.92. The van der Waals surface area contributed by atoms with Crippen LogP contribution in [0.1, 0.15) is 0 Å². The average molecular weight is 293 g/mol. The van der Waals surface area contributed by atoms with E-state index in [9.17, 15) is 14.4 Å². The second kappa shape index (κ2) is 6.12. The van der Waals surface area contributed by atoms with Crippen molar-refractivity contribution in [3.8, 4) is 11.5 Å². The number of benzene rings is 1. The molecule has 21 heavy (non-hydrogen) atoms. The van der Waals surface area contributed by atoms with Crippen molar-refractivity contribution >= 4 is 23.5 Å². The number of urea groups is 1. The van der Waals surface area contributed by atoms with Crippen molar-refractivity contribution in [2.75, 3.05) is 32.6 Å². The smallest absolute Gasteiger partial charge is 0.325 e. The molecule has 1 aliphatic heterocycles. The second-order valence-corrected chi connectivity index (χ2v) is 4.25. The molecule has 8 nitrogen and oxygen atoms in total. The zero-order chi connectivity index (χ0) is 15.4. The van der Waals surface area contributed by atoms with Crippen LogP contribution >= 0.6 is 0 Å². The zero-order valence-electron chi connectivity index (χ0n) is 11.6. The van der Waals surface area contributed by atoms with Gasteiger partial charge < -0.3 is 20.1 Å². The standard InChI is InChI=1S/C13H15N3O5/c1-20-8-3-4-10(21-2)9(5-8)15-11(17)7-16-12(18)6-14-13(16)19/h3-5H,6-7H2,1-2H3,(H,14,19)(H,15,17). The molecule has 0 spiro atoms. The van der Waals surface area contributed by atoms with Gasteiger partial charge in [0.25, 0.3) is 5.91 Å². The minimum absolute atomic E-state index is 0.0887. The first-order chi connectivity index (χ1) is 10.0. The first-order valence-corrected chi connectivity index (χ1v) is 6.15. The number of carbonyl (C=O) groups excluding carboxylic acids is 3. The van der Waals surface area contributed by atoms with Crippen LogP contribution in [-0.2, 0) is 9.59 Å². The number of methoxy groups -OCH3 is 2. The van der Waals surface area contributed by atoms with Gasteiger partial charge in [-0.1, -0.05) is 0 Å². The summed E-state index contributed by atoms with van der Waals surface area (Å²) in [7, 11) is 2.97. The number of imide groups is 1. The van der Waals surface area contributed by atoms with E-state index in [1.54, 1.807) is 18.2 Å². The number of nitrogens with zero attached hydrogens (tertiary/aromatic N) is 1. The Morgan fingerprint density at radius 3 is 2.67 bits per heavy atom. The molecule has 0 aromatic heterocycles. The summed E-state index contributed by atoms with van der Waals surface area (Å²) in [5, 5.41) is 4.93. The highest BCUT2D eigenvalue weighted by Crippen LogP contribution is 2.28. The molecule has 4 amide bonds. The molecule has 0 radical (unpaired) electrons. The van der Waals surface area contributed by atoms with Gasteiger partial charge in [0, 0.05) is 6.07 Å². The van der Waals surface area contributed by atoms with Crippen LogP contribution in [0, 0.1) is 0 Å². The van der Waals surface area contributed by atoms with Crippen LogP contribution in [0.25, 0.3) is 0 Å². The Balaban J connectivity index is 2.08. The molecule has 0 atom stereocenters. The molecule has 2 N–H and O–H groups in total. The predicted octanol–water partition coefficient (Wildman–Crippen LogP) is 0.194. The molecule has 1 heterocycles. The van der Waals surface area contributed by atoms with E-state index in [4.69, 9.17) is 9.47 Å². The van der Waals surface area contributed by atoms with Crippen LogP contribution in [0.4, 0.5) is 10.5 Å². The number of nitrogens with one attached hydrogen (secondary N) is 2. The Labute approximate surface area is 121 Å². The van der Waals surface area contributed by atoms with E-state index < -0.39 is 17.8 Å². The van der Waals surface area contributed by atoms with Gasteiger partial charge in [-0.3, -0.25) is 14.5 Å². The van der Waals surface area contributed by atoms with Crippen molar-refractivity contribution in [3.05, 3.63) is 18.2 Å². The summed E-state index contributed by atoms with van der Waals surface area (Å²) in [5.74, 6) is 0.0437. The summed E-state index contributed by atoms with van der Waals surface area (Å²) in [4.78, 5) is 35.6. The summed E-state index contributed by atoms with van der Waals surface area (Å²) in [6.07, 6.45) is 0. The zero-order valence-corrected chi connectivity index (χ0v) is 11.6. The summed E-state index contributed by atoms with van der Waals surface area (Å²) in [6.45, 7) is -0.445. The third kappa shape index (κ3) is 3.22. The van der Waals surface area contributed by atoms with Gasteiger partial charge in [-0.15, -0.1) is 0 Å². The van der Waals surface area contributed by atoms with Crippen molar-refractivity contribution in [2.24, 2.45) is 0 Å². The molecule has 2 rings (SSSR count). The Bertz CT molecular complexity index is 571. The summed E-state index contributed by atoms with van der Waals surface area (Å²) < 4.78 is 10.2. The maximum Gasteiger partial charge on any atom is 0.325 e. The van der Waals surface area contributed by atoms with Gasteiger partial charge in [0.15, 0.2) is 0 Å². The average Bonchev–Trinajstić information content (AvgIpc) is 2.79. The van der Waals surface area contributed by atoms with Gasteiger partial charge in [0.1, 0.15) is 18.0 Å². The van der Waals surface area contributed by atoms with E-state index in [2.05, 4.69) is 10.6 Å². The molecule has 1 aromatic carbocycles. The molecule has 112 valence electrons. The van der Waals surface area contributed by atoms with Crippen molar-refractivity contribution in [3.63, 3.8) is 0 Å². The van der Waals surface area contributed by atoms with Gasteiger partial charge in [0.05, 0.1) is 26.5 Å². The topological polar surface area (TPSA) is 97.0 Å². The van der Waals surface area contributed by atoms with Crippen molar-refractivity contribution in [2.45, 2.75) is 0 Å². The van der Waals surface area contributed by atoms with Crippen molar-refractivity contribution in [1.29, 1.82) is 0 Å². The molecule has 0 unspecified atom stereocenters. The van der Waals surface area contributed by atoms with Crippen LogP contribution in [-0.4, -0.2) is 50.1 Å². The molecule has 0 bridgehead atoms. The van der Waals surface area contributed by atoms with E-state index in [-0.39, 0.29) is 13.1 Å². The Morgan fingerprint density at radius 2 is 2.10 bits per heavy atom. The van der Waals surface area contributed by atoms with Gasteiger partial charge in [-0.25, -0.2) is 4.79 Å². The molecule has 0 aliphatic carbocycles. The molecule has 1 aliphatic rings. The highest BCUT2D eigenvalue weighted by Gasteiger charge is 2.30. The SMILES string of the molecule is COc1ccc(OC)c(NC(=O)CN2C(=O)CNC2=O)c1. The number of hydrogen-bond donors (Lipinski definition) is 2. The first-order valence-electron chi connectivity index (χ1n) is 6.15. The number of anilines is 1. The minimum Gasteiger partial charge on any atom is -0.497 e. The second-order valence-electron chi connectivity index (χ2n) is 4.25. The fraction of sp³-hybridized carbons (Fsp3) is 0.308. The predicted molar refractivity (Wildman–Crippen MR) is 73.3 cm³/mol. The fourth-order valence-corrected chi connectivity index (χ4v) is 1.86. The Hall–Kier alpha value is -2.77. The van der Waals surface area contributed by atoms with E-state index in [0.717, 1.165) is 4.90 Å². The summed E-state index contributed by atoms with van der Waals surface area (Å²) in [6, 6.07) is 4.34.